The Labute approximate surface area is 114 Å². The van der Waals surface area contributed by atoms with Gasteiger partial charge in [-0.15, -0.1) is 0 Å². The smallest absolute Gasteiger partial charge is 0.249 e. The lowest BCUT2D eigenvalue weighted by molar-refractivity contribution is -0.128. The molecule has 2 fully saturated rings. The van der Waals surface area contributed by atoms with Crippen molar-refractivity contribution >= 4 is 15.9 Å². The molecule has 0 aliphatic carbocycles. The highest BCUT2D eigenvalue weighted by Crippen LogP contribution is 2.17. The Morgan fingerprint density at radius 3 is 2.32 bits per heavy atom. The molecule has 0 bridgehead atoms. The predicted octanol–water partition coefficient (Wildman–Crippen LogP) is -0.554. The maximum atomic E-state index is 12.2. The second kappa shape index (κ2) is 5.60. The summed E-state index contributed by atoms with van der Waals surface area (Å²) in [6.07, 6.45) is 2.53. The van der Waals surface area contributed by atoms with E-state index >= 15 is 0 Å². The van der Waals surface area contributed by atoms with Gasteiger partial charge in [-0.2, -0.15) is 0 Å². The van der Waals surface area contributed by atoms with E-state index in [2.05, 4.69) is 10.0 Å². The van der Waals surface area contributed by atoms with Crippen LogP contribution in [0.4, 0.5) is 0 Å². The molecule has 0 aromatic rings. The maximum absolute atomic E-state index is 12.2. The third-order valence-electron chi connectivity index (χ3n) is 3.69. The average Bonchev–Trinajstić information content (AvgIpc) is 2.24. The van der Waals surface area contributed by atoms with E-state index in [4.69, 9.17) is 0 Å². The molecule has 0 aromatic heterocycles. The number of nitrogens with one attached hydrogen (secondary N) is 2. The summed E-state index contributed by atoms with van der Waals surface area (Å²) in [7, 11) is -3.16. The summed E-state index contributed by atoms with van der Waals surface area (Å²) in [4.78, 5) is 14.0. The SMILES string of the molecule is CC(C(=O)N1CCC(NS(C)(=O)=O)CC1)=C1CNC1. The highest BCUT2D eigenvalue weighted by atomic mass is 32.2. The molecule has 0 saturated carbocycles. The van der Waals surface area contributed by atoms with E-state index in [0.29, 0.717) is 25.9 Å². The first-order valence-electron chi connectivity index (χ1n) is 6.53. The van der Waals surface area contributed by atoms with Gasteiger partial charge in [-0.25, -0.2) is 13.1 Å². The second-order valence-electron chi connectivity index (χ2n) is 5.29. The molecule has 6 nitrogen and oxygen atoms in total. The molecule has 19 heavy (non-hydrogen) atoms. The quantitative estimate of drug-likeness (QED) is 0.683. The Hall–Kier alpha value is -0.920. The van der Waals surface area contributed by atoms with Gasteiger partial charge >= 0.3 is 0 Å². The maximum Gasteiger partial charge on any atom is 0.249 e. The highest BCUT2D eigenvalue weighted by molar-refractivity contribution is 7.88. The number of likely N-dealkylation sites (tertiary alicyclic amines) is 1. The molecule has 2 aliphatic rings. The Kier molecular flexibility index (Phi) is 4.27. The highest BCUT2D eigenvalue weighted by Gasteiger charge is 2.26. The van der Waals surface area contributed by atoms with Crippen molar-refractivity contribution in [3.63, 3.8) is 0 Å². The Morgan fingerprint density at radius 2 is 1.89 bits per heavy atom. The first kappa shape index (κ1) is 14.5. The van der Waals surface area contributed by atoms with Crippen LogP contribution in [0.2, 0.25) is 0 Å². The molecule has 2 N–H and O–H groups in total. The van der Waals surface area contributed by atoms with E-state index in [1.54, 1.807) is 0 Å². The molecular weight excluding hydrogens is 266 g/mol. The molecular formula is C12H21N3O3S. The second-order valence-corrected chi connectivity index (χ2v) is 7.07. The van der Waals surface area contributed by atoms with Crippen molar-refractivity contribution in [2.24, 2.45) is 0 Å². The monoisotopic (exact) mass is 287 g/mol. The third kappa shape index (κ3) is 3.77. The van der Waals surface area contributed by atoms with Gasteiger partial charge in [0, 0.05) is 37.8 Å². The van der Waals surface area contributed by atoms with E-state index in [9.17, 15) is 13.2 Å². The van der Waals surface area contributed by atoms with Crippen LogP contribution in [-0.2, 0) is 14.8 Å². The minimum Gasteiger partial charge on any atom is -0.339 e. The molecule has 108 valence electrons. The van der Waals surface area contributed by atoms with Gasteiger partial charge in [-0.3, -0.25) is 4.79 Å². The van der Waals surface area contributed by atoms with Crippen LogP contribution in [0.3, 0.4) is 0 Å². The van der Waals surface area contributed by atoms with Crippen LogP contribution in [0.1, 0.15) is 19.8 Å². The van der Waals surface area contributed by atoms with Gasteiger partial charge in [0.15, 0.2) is 0 Å². The Bertz CT molecular complexity index is 484. The summed E-state index contributed by atoms with van der Waals surface area (Å²) >= 11 is 0. The number of hydrogen-bond acceptors (Lipinski definition) is 4. The molecule has 0 radical (unpaired) electrons. The van der Waals surface area contributed by atoms with E-state index in [1.165, 1.54) is 11.8 Å². The van der Waals surface area contributed by atoms with Crippen molar-refractivity contribution in [2.75, 3.05) is 32.4 Å². The molecule has 0 aromatic carbocycles. The first-order valence-corrected chi connectivity index (χ1v) is 8.42. The van der Waals surface area contributed by atoms with E-state index < -0.39 is 10.0 Å². The fraction of sp³-hybridized carbons (Fsp3) is 0.750. The average molecular weight is 287 g/mol. The standard InChI is InChI=1S/C12H21N3O3S/c1-9(10-7-13-8-10)12(16)15-5-3-11(4-6-15)14-19(2,17)18/h11,13-14H,3-8H2,1-2H3. The van der Waals surface area contributed by atoms with Crippen LogP contribution < -0.4 is 10.0 Å². The molecule has 0 spiro atoms. The normalized spacial score (nSPS) is 21.2. The largest absolute Gasteiger partial charge is 0.339 e. The molecule has 2 aliphatic heterocycles. The number of hydrogen-bond donors (Lipinski definition) is 2. The Morgan fingerprint density at radius 1 is 1.32 bits per heavy atom. The van der Waals surface area contributed by atoms with Gasteiger partial charge in [0.25, 0.3) is 0 Å². The van der Waals surface area contributed by atoms with Gasteiger partial charge in [0.2, 0.25) is 15.9 Å². The van der Waals surface area contributed by atoms with Crippen LogP contribution in [0.5, 0.6) is 0 Å². The summed E-state index contributed by atoms with van der Waals surface area (Å²) < 4.78 is 24.9. The molecule has 1 amide bonds. The number of sulfonamides is 1. The molecule has 0 atom stereocenters. The van der Waals surface area contributed by atoms with Gasteiger partial charge < -0.3 is 10.2 Å². The number of amides is 1. The summed E-state index contributed by atoms with van der Waals surface area (Å²) in [6.45, 7) is 4.72. The Balaban J connectivity index is 1.88. The van der Waals surface area contributed by atoms with Crippen LogP contribution in [0, 0.1) is 0 Å². The lowest BCUT2D eigenvalue weighted by atomic mass is 10.0. The topological polar surface area (TPSA) is 78.5 Å². The molecule has 2 heterocycles. The number of piperidine rings is 1. The summed E-state index contributed by atoms with van der Waals surface area (Å²) in [6, 6.07) is -0.0441. The van der Waals surface area contributed by atoms with E-state index in [0.717, 1.165) is 18.7 Å². The fourth-order valence-electron chi connectivity index (χ4n) is 2.41. The van der Waals surface area contributed by atoms with Gasteiger partial charge in [0.1, 0.15) is 0 Å². The van der Waals surface area contributed by atoms with Gasteiger partial charge in [-0.1, -0.05) is 0 Å². The number of nitrogens with zero attached hydrogens (tertiary/aromatic N) is 1. The zero-order valence-electron chi connectivity index (χ0n) is 11.4. The van der Waals surface area contributed by atoms with Gasteiger partial charge in [-0.05, 0) is 25.3 Å². The predicted molar refractivity (Wildman–Crippen MR) is 73.2 cm³/mol. The van der Waals surface area contributed by atoms with Crippen molar-refractivity contribution in [1.29, 1.82) is 0 Å². The van der Waals surface area contributed by atoms with Crippen molar-refractivity contribution in [2.45, 2.75) is 25.8 Å². The van der Waals surface area contributed by atoms with Crippen LogP contribution in [-0.4, -0.2) is 57.7 Å². The fourth-order valence-corrected chi connectivity index (χ4v) is 3.25. The summed E-state index contributed by atoms with van der Waals surface area (Å²) in [5, 5.41) is 3.13. The van der Waals surface area contributed by atoms with Crippen LogP contribution in [0.15, 0.2) is 11.1 Å². The van der Waals surface area contributed by atoms with Gasteiger partial charge in [0.05, 0.1) is 6.26 Å². The van der Waals surface area contributed by atoms with E-state index in [1.807, 2.05) is 11.8 Å². The summed E-state index contributed by atoms with van der Waals surface area (Å²) in [5.41, 5.74) is 2.02. The molecule has 2 saturated heterocycles. The zero-order chi connectivity index (χ0) is 14.0. The molecule has 0 unspecified atom stereocenters. The minimum atomic E-state index is -3.16. The molecule has 7 heteroatoms. The number of rotatable bonds is 3. The van der Waals surface area contributed by atoms with Crippen molar-refractivity contribution in [3.05, 3.63) is 11.1 Å². The van der Waals surface area contributed by atoms with Crippen molar-refractivity contribution in [1.82, 2.24) is 14.9 Å². The number of carbonyl (C=O) groups excluding carboxylic acids is 1. The van der Waals surface area contributed by atoms with Crippen molar-refractivity contribution < 1.29 is 13.2 Å². The van der Waals surface area contributed by atoms with Crippen molar-refractivity contribution in [3.8, 4) is 0 Å². The van der Waals surface area contributed by atoms with Crippen LogP contribution >= 0.6 is 0 Å². The lowest BCUT2D eigenvalue weighted by Crippen LogP contribution is -2.47. The molecule has 2 rings (SSSR count). The first-order chi connectivity index (χ1) is 8.87. The number of carbonyl (C=O) groups is 1. The van der Waals surface area contributed by atoms with E-state index in [-0.39, 0.29) is 11.9 Å². The summed E-state index contributed by atoms with van der Waals surface area (Å²) in [5.74, 6) is 0.0919. The third-order valence-corrected chi connectivity index (χ3v) is 4.45. The zero-order valence-corrected chi connectivity index (χ0v) is 12.2. The minimum absolute atomic E-state index is 0.0441. The lowest BCUT2D eigenvalue weighted by Gasteiger charge is -2.33. The van der Waals surface area contributed by atoms with Crippen LogP contribution in [0.25, 0.3) is 0 Å².